The van der Waals surface area contributed by atoms with Gasteiger partial charge < -0.3 is 11.1 Å². The van der Waals surface area contributed by atoms with Crippen LogP contribution in [0.2, 0.25) is 0 Å². The normalized spacial score (nSPS) is 23.8. The van der Waals surface area contributed by atoms with Crippen LogP contribution in [0.3, 0.4) is 0 Å². The highest BCUT2D eigenvalue weighted by atomic mass is 16.2. The molecule has 1 fully saturated rings. The molecule has 3 atom stereocenters. The Morgan fingerprint density at radius 2 is 2.05 bits per heavy atom. The second-order valence-electron chi connectivity index (χ2n) is 5.82. The zero-order chi connectivity index (χ0) is 14.5. The highest BCUT2D eigenvalue weighted by Crippen LogP contribution is 2.26. The van der Waals surface area contributed by atoms with Crippen LogP contribution < -0.4 is 11.1 Å². The highest BCUT2D eigenvalue weighted by molar-refractivity contribution is 5.83. The second-order valence-corrected chi connectivity index (χ2v) is 5.82. The summed E-state index contributed by atoms with van der Waals surface area (Å²) in [4.78, 5) is 14.6. The minimum Gasteiger partial charge on any atom is -0.351 e. The minimum absolute atomic E-state index is 0.0755. The molecule has 0 bridgehead atoms. The van der Waals surface area contributed by atoms with Crippen molar-refractivity contribution >= 4 is 5.91 Å². The topological polar surface area (TPSA) is 58.4 Å². The molecule has 1 amide bonds. The van der Waals surface area contributed by atoms with Crippen molar-refractivity contribution in [2.24, 2.45) is 11.7 Å². The first kappa shape index (κ1) is 15.0. The van der Waals surface area contributed by atoms with Gasteiger partial charge in [0.25, 0.3) is 0 Å². The fraction of sp³-hybridized carbons (Fsp3) is 0.562. The molecule has 0 saturated heterocycles. The Labute approximate surface area is 121 Å². The van der Waals surface area contributed by atoms with Crippen LogP contribution in [0.5, 0.6) is 0 Å². The predicted molar refractivity (Wildman–Crippen MR) is 81.2 cm³/mol. The van der Waals surface area contributed by atoms with Crippen LogP contribution in [-0.2, 0) is 4.79 Å². The summed E-state index contributed by atoms with van der Waals surface area (Å²) >= 11 is 0. The van der Waals surface area contributed by atoms with Gasteiger partial charge in [0.1, 0.15) is 6.04 Å². The Balaban J connectivity index is 2.08. The number of nitrogens with two attached hydrogens (primary N) is 1. The van der Waals surface area contributed by atoms with Crippen molar-refractivity contribution in [1.82, 2.24) is 10.2 Å². The van der Waals surface area contributed by atoms with Gasteiger partial charge in [-0.1, -0.05) is 36.8 Å². The fourth-order valence-electron chi connectivity index (χ4n) is 3.09. The zero-order valence-corrected chi connectivity index (χ0v) is 12.4. The number of nitrogens with zero attached hydrogens (tertiary/aromatic N) is 1. The molecule has 3 unspecified atom stereocenters. The van der Waals surface area contributed by atoms with Crippen LogP contribution in [0, 0.1) is 5.92 Å². The van der Waals surface area contributed by atoms with Gasteiger partial charge in [0.2, 0.25) is 5.91 Å². The van der Waals surface area contributed by atoms with Gasteiger partial charge in [-0.25, -0.2) is 0 Å². The minimum atomic E-state index is -0.241. The van der Waals surface area contributed by atoms with Crippen LogP contribution in [0.15, 0.2) is 30.3 Å². The average molecular weight is 275 g/mol. The lowest BCUT2D eigenvalue weighted by molar-refractivity contribution is -0.126. The Morgan fingerprint density at radius 3 is 2.65 bits per heavy atom. The maximum absolute atomic E-state index is 12.6. The summed E-state index contributed by atoms with van der Waals surface area (Å²) in [5.41, 5.74) is 6.81. The van der Waals surface area contributed by atoms with Gasteiger partial charge in [0.15, 0.2) is 0 Å². The number of rotatable bonds is 5. The van der Waals surface area contributed by atoms with E-state index in [-0.39, 0.29) is 18.0 Å². The summed E-state index contributed by atoms with van der Waals surface area (Å²) in [6, 6.07) is 9.90. The fourth-order valence-corrected chi connectivity index (χ4v) is 3.09. The summed E-state index contributed by atoms with van der Waals surface area (Å²) in [6.07, 6.45) is 3.33. The number of hydrogen-bond acceptors (Lipinski definition) is 3. The molecule has 0 aliphatic heterocycles. The van der Waals surface area contributed by atoms with E-state index in [0.717, 1.165) is 24.8 Å². The van der Waals surface area contributed by atoms with Crippen LogP contribution in [0.25, 0.3) is 0 Å². The summed E-state index contributed by atoms with van der Waals surface area (Å²) in [5, 5.41) is 3.20. The summed E-state index contributed by atoms with van der Waals surface area (Å²) in [5.74, 6) is 0.504. The largest absolute Gasteiger partial charge is 0.351 e. The van der Waals surface area contributed by atoms with Gasteiger partial charge in [-0.05, 0) is 45.0 Å². The highest BCUT2D eigenvalue weighted by Gasteiger charge is 2.30. The number of carbonyl (C=O) groups is 1. The molecule has 1 aromatic carbocycles. The number of nitrogens with one attached hydrogen (secondary N) is 1. The molecule has 110 valence electrons. The Morgan fingerprint density at radius 1 is 1.35 bits per heavy atom. The molecule has 4 nitrogen and oxygen atoms in total. The maximum atomic E-state index is 12.6. The van der Waals surface area contributed by atoms with Crippen LogP contribution >= 0.6 is 0 Å². The van der Waals surface area contributed by atoms with Crippen molar-refractivity contribution in [3.8, 4) is 0 Å². The Kier molecular flexibility index (Phi) is 5.15. The van der Waals surface area contributed by atoms with Gasteiger partial charge in [0, 0.05) is 6.04 Å². The number of likely N-dealkylation sites (N-methyl/N-ethyl adjacent to an activating group) is 1. The molecule has 1 aromatic rings. The third-order valence-corrected chi connectivity index (χ3v) is 4.17. The monoisotopic (exact) mass is 275 g/mol. The molecule has 0 aromatic heterocycles. The molecule has 1 aliphatic rings. The van der Waals surface area contributed by atoms with E-state index in [1.165, 1.54) is 0 Å². The molecule has 4 heteroatoms. The van der Waals surface area contributed by atoms with E-state index in [4.69, 9.17) is 5.73 Å². The number of hydrogen-bond donors (Lipinski definition) is 2. The molecule has 0 radical (unpaired) electrons. The molecule has 1 aliphatic carbocycles. The molecule has 20 heavy (non-hydrogen) atoms. The maximum Gasteiger partial charge on any atom is 0.242 e. The Bertz CT molecular complexity index is 433. The van der Waals surface area contributed by atoms with Gasteiger partial charge in [0.05, 0.1) is 0 Å². The van der Waals surface area contributed by atoms with Crippen molar-refractivity contribution in [2.75, 3.05) is 20.6 Å². The van der Waals surface area contributed by atoms with Crippen molar-refractivity contribution in [1.29, 1.82) is 0 Å². The third kappa shape index (κ3) is 3.38. The van der Waals surface area contributed by atoms with E-state index < -0.39 is 0 Å². The lowest BCUT2D eigenvalue weighted by atomic mass is 10.0. The van der Waals surface area contributed by atoms with E-state index in [0.29, 0.717) is 12.5 Å². The van der Waals surface area contributed by atoms with Crippen LogP contribution in [0.1, 0.15) is 30.9 Å². The lowest BCUT2D eigenvalue weighted by Gasteiger charge is -2.27. The van der Waals surface area contributed by atoms with Crippen LogP contribution in [0.4, 0.5) is 0 Å². The molecule has 2 rings (SSSR count). The predicted octanol–water partition coefficient (Wildman–Crippen LogP) is 1.53. The summed E-state index contributed by atoms with van der Waals surface area (Å²) in [6.45, 7) is 0.656. The van der Waals surface area contributed by atoms with E-state index in [1.54, 1.807) is 0 Å². The smallest absolute Gasteiger partial charge is 0.242 e. The molecule has 1 saturated carbocycles. The quantitative estimate of drug-likeness (QED) is 0.857. The molecule has 0 spiro atoms. The van der Waals surface area contributed by atoms with Crippen molar-refractivity contribution in [2.45, 2.75) is 31.3 Å². The molecular weight excluding hydrogens is 250 g/mol. The van der Waals surface area contributed by atoms with Gasteiger partial charge in [-0.2, -0.15) is 0 Å². The van der Waals surface area contributed by atoms with Gasteiger partial charge in [-0.3, -0.25) is 9.69 Å². The SMILES string of the molecule is CN(C)C(C(=O)NC1CCCC1CN)c1ccccc1. The lowest BCUT2D eigenvalue weighted by Crippen LogP contribution is -2.45. The summed E-state index contributed by atoms with van der Waals surface area (Å²) in [7, 11) is 3.87. The first-order valence-corrected chi connectivity index (χ1v) is 7.35. The first-order valence-electron chi connectivity index (χ1n) is 7.35. The van der Waals surface area contributed by atoms with Crippen molar-refractivity contribution in [3.05, 3.63) is 35.9 Å². The number of carbonyl (C=O) groups excluding carboxylic acids is 1. The molecule has 0 heterocycles. The zero-order valence-electron chi connectivity index (χ0n) is 12.4. The van der Waals surface area contributed by atoms with Crippen molar-refractivity contribution < 1.29 is 4.79 Å². The van der Waals surface area contributed by atoms with Gasteiger partial charge in [-0.15, -0.1) is 0 Å². The Hall–Kier alpha value is -1.39. The molecular formula is C16H25N3O. The van der Waals surface area contributed by atoms with E-state index >= 15 is 0 Å². The van der Waals surface area contributed by atoms with E-state index in [1.807, 2.05) is 49.3 Å². The van der Waals surface area contributed by atoms with E-state index in [9.17, 15) is 4.79 Å². The number of amides is 1. The molecule has 3 N–H and O–H groups in total. The second kappa shape index (κ2) is 6.86. The standard InChI is InChI=1S/C16H25N3O/c1-19(2)15(12-7-4-3-5-8-12)16(20)18-14-10-6-9-13(14)11-17/h3-5,7-8,13-15H,6,9-11,17H2,1-2H3,(H,18,20). The number of benzene rings is 1. The van der Waals surface area contributed by atoms with Gasteiger partial charge >= 0.3 is 0 Å². The summed E-state index contributed by atoms with van der Waals surface area (Å²) < 4.78 is 0. The van der Waals surface area contributed by atoms with E-state index in [2.05, 4.69) is 5.32 Å². The average Bonchev–Trinajstić information content (AvgIpc) is 2.86. The van der Waals surface area contributed by atoms with Crippen LogP contribution in [-0.4, -0.2) is 37.5 Å². The van der Waals surface area contributed by atoms with Crippen molar-refractivity contribution in [3.63, 3.8) is 0 Å². The first-order chi connectivity index (χ1) is 9.63. The third-order valence-electron chi connectivity index (χ3n) is 4.17.